The molecule has 0 radical (unpaired) electrons. The Kier molecular flexibility index (Phi) is 16.5. The Morgan fingerprint density at radius 2 is 0.960 bits per heavy atom. The van der Waals surface area contributed by atoms with E-state index in [-0.39, 0.29) is 6.42 Å². The van der Waals surface area contributed by atoms with Gasteiger partial charge in [0.1, 0.15) is 0 Å². The van der Waals surface area contributed by atoms with E-state index in [1.807, 2.05) is 0 Å². The zero-order valence-electron chi connectivity index (χ0n) is 17.0. The zero-order valence-corrected chi connectivity index (χ0v) is 17.0. The third kappa shape index (κ3) is 16.6. The Morgan fingerprint density at radius 1 is 0.640 bits per heavy atom. The molecule has 0 saturated carbocycles. The summed E-state index contributed by atoms with van der Waals surface area (Å²) < 4.78 is 0. The smallest absolute Gasteiger partial charge is 0.306 e. The third-order valence-electron chi connectivity index (χ3n) is 5.22. The van der Waals surface area contributed by atoms with Crippen molar-refractivity contribution in [2.75, 3.05) is 0 Å². The van der Waals surface area contributed by atoms with Gasteiger partial charge in [-0.2, -0.15) is 0 Å². The molecule has 0 aliphatic heterocycles. The van der Waals surface area contributed by atoms with Crippen LogP contribution in [-0.2, 0) is 4.79 Å². The Labute approximate surface area is 156 Å². The highest BCUT2D eigenvalue weighted by atomic mass is 16.4. The standard InChI is InChI=1S/C22H44O3/c1-3-5-7-8-9-10-11-12-13-14-15-17-19-22(25,20-21(23)24)18-16-6-4-2/h25H,3-20H2,1-2H3,(H,23,24). The molecule has 150 valence electrons. The molecular weight excluding hydrogens is 312 g/mol. The fraction of sp³-hybridized carbons (Fsp3) is 0.955. The number of hydrogen-bond donors (Lipinski definition) is 2. The first-order chi connectivity index (χ1) is 12.0. The van der Waals surface area contributed by atoms with Gasteiger partial charge in [-0.15, -0.1) is 0 Å². The van der Waals surface area contributed by atoms with Crippen molar-refractivity contribution >= 4 is 5.97 Å². The van der Waals surface area contributed by atoms with Gasteiger partial charge in [-0.25, -0.2) is 0 Å². The summed E-state index contributed by atoms with van der Waals surface area (Å²) in [6.07, 6.45) is 19.8. The number of aliphatic hydroxyl groups is 1. The van der Waals surface area contributed by atoms with Crippen LogP contribution in [-0.4, -0.2) is 21.8 Å². The number of carbonyl (C=O) groups is 1. The van der Waals surface area contributed by atoms with Crippen LogP contribution in [0.25, 0.3) is 0 Å². The molecular formula is C22H44O3. The lowest BCUT2D eigenvalue weighted by molar-refractivity contribution is -0.143. The molecule has 0 aromatic heterocycles. The molecule has 0 fully saturated rings. The van der Waals surface area contributed by atoms with Crippen LogP contribution in [0, 0.1) is 0 Å². The van der Waals surface area contributed by atoms with E-state index in [0.29, 0.717) is 12.8 Å². The van der Waals surface area contributed by atoms with Gasteiger partial charge in [-0.1, -0.05) is 110 Å². The Hall–Kier alpha value is -0.570. The molecule has 0 aliphatic rings. The van der Waals surface area contributed by atoms with Crippen molar-refractivity contribution < 1.29 is 15.0 Å². The van der Waals surface area contributed by atoms with Gasteiger partial charge >= 0.3 is 5.97 Å². The van der Waals surface area contributed by atoms with E-state index < -0.39 is 11.6 Å². The monoisotopic (exact) mass is 356 g/mol. The number of carboxylic acid groups (broad SMARTS) is 1. The minimum Gasteiger partial charge on any atom is -0.481 e. The molecule has 0 aliphatic carbocycles. The molecule has 3 heteroatoms. The molecule has 1 atom stereocenters. The summed E-state index contributed by atoms with van der Waals surface area (Å²) in [5, 5.41) is 19.6. The van der Waals surface area contributed by atoms with Gasteiger partial charge in [0.25, 0.3) is 0 Å². The van der Waals surface area contributed by atoms with Crippen LogP contribution < -0.4 is 0 Å². The van der Waals surface area contributed by atoms with Crippen LogP contribution in [0.2, 0.25) is 0 Å². The Balaban J connectivity index is 3.62. The molecule has 0 bridgehead atoms. The summed E-state index contributed by atoms with van der Waals surface area (Å²) in [4.78, 5) is 11.0. The van der Waals surface area contributed by atoms with Crippen LogP contribution in [0.5, 0.6) is 0 Å². The second kappa shape index (κ2) is 16.9. The first-order valence-corrected chi connectivity index (χ1v) is 11.0. The molecule has 25 heavy (non-hydrogen) atoms. The largest absolute Gasteiger partial charge is 0.481 e. The molecule has 2 N–H and O–H groups in total. The number of unbranched alkanes of at least 4 members (excludes halogenated alkanes) is 13. The Bertz CT molecular complexity index is 304. The fourth-order valence-corrected chi connectivity index (χ4v) is 3.58. The topological polar surface area (TPSA) is 57.5 Å². The molecule has 0 heterocycles. The maximum atomic E-state index is 11.0. The van der Waals surface area contributed by atoms with Crippen molar-refractivity contribution in [3.63, 3.8) is 0 Å². The van der Waals surface area contributed by atoms with Crippen molar-refractivity contribution in [1.82, 2.24) is 0 Å². The lowest BCUT2D eigenvalue weighted by atomic mass is 9.87. The maximum Gasteiger partial charge on any atom is 0.306 e. The summed E-state index contributed by atoms with van der Waals surface area (Å²) in [7, 11) is 0. The minimum absolute atomic E-state index is 0.102. The van der Waals surface area contributed by atoms with Gasteiger partial charge in [0.15, 0.2) is 0 Å². The molecule has 0 amide bonds. The van der Waals surface area contributed by atoms with Crippen LogP contribution in [0.4, 0.5) is 0 Å². The van der Waals surface area contributed by atoms with Crippen LogP contribution >= 0.6 is 0 Å². The predicted octanol–water partition coefficient (Wildman–Crippen LogP) is 6.86. The Morgan fingerprint density at radius 3 is 1.36 bits per heavy atom. The molecule has 1 unspecified atom stereocenters. The van der Waals surface area contributed by atoms with Crippen LogP contribution in [0.3, 0.4) is 0 Å². The normalized spacial score (nSPS) is 13.7. The lowest BCUT2D eigenvalue weighted by Gasteiger charge is -2.26. The molecule has 0 aromatic rings. The van der Waals surface area contributed by atoms with Gasteiger partial charge in [-0.05, 0) is 12.8 Å². The second-order valence-electron chi connectivity index (χ2n) is 7.89. The van der Waals surface area contributed by atoms with E-state index in [1.54, 1.807) is 0 Å². The zero-order chi connectivity index (χ0) is 18.8. The fourth-order valence-electron chi connectivity index (χ4n) is 3.58. The first-order valence-electron chi connectivity index (χ1n) is 11.0. The quantitative estimate of drug-likeness (QED) is 0.248. The summed E-state index contributed by atoms with van der Waals surface area (Å²) in [6, 6.07) is 0. The molecule has 0 aromatic carbocycles. The SMILES string of the molecule is CCCCCCCCCCCCCCC(O)(CCCCC)CC(=O)O. The van der Waals surface area contributed by atoms with Crippen molar-refractivity contribution in [1.29, 1.82) is 0 Å². The maximum absolute atomic E-state index is 11.0. The number of hydrogen-bond acceptors (Lipinski definition) is 2. The number of carboxylic acids is 1. The van der Waals surface area contributed by atoms with Gasteiger partial charge in [0.05, 0.1) is 12.0 Å². The third-order valence-corrected chi connectivity index (χ3v) is 5.22. The lowest BCUT2D eigenvalue weighted by Crippen LogP contribution is -2.31. The molecule has 0 spiro atoms. The minimum atomic E-state index is -0.987. The summed E-state index contributed by atoms with van der Waals surface area (Å²) in [5.41, 5.74) is -0.987. The van der Waals surface area contributed by atoms with Crippen molar-refractivity contribution in [3.05, 3.63) is 0 Å². The van der Waals surface area contributed by atoms with Gasteiger partial charge in [0.2, 0.25) is 0 Å². The molecule has 3 nitrogen and oxygen atoms in total. The van der Waals surface area contributed by atoms with Crippen molar-refractivity contribution in [3.8, 4) is 0 Å². The van der Waals surface area contributed by atoms with E-state index >= 15 is 0 Å². The average Bonchev–Trinajstić information content (AvgIpc) is 2.55. The number of aliphatic carboxylic acids is 1. The van der Waals surface area contributed by atoms with Gasteiger partial charge in [-0.3, -0.25) is 4.79 Å². The second-order valence-corrected chi connectivity index (χ2v) is 7.89. The van der Waals surface area contributed by atoms with Gasteiger partial charge < -0.3 is 10.2 Å². The highest BCUT2D eigenvalue weighted by Crippen LogP contribution is 2.26. The molecule has 0 rings (SSSR count). The van der Waals surface area contributed by atoms with Crippen LogP contribution in [0.15, 0.2) is 0 Å². The highest BCUT2D eigenvalue weighted by molar-refractivity contribution is 5.68. The van der Waals surface area contributed by atoms with E-state index in [9.17, 15) is 9.90 Å². The van der Waals surface area contributed by atoms with E-state index in [2.05, 4.69) is 13.8 Å². The first kappa shape index (κ1) is 24.4. The predicted molar refractivity (Wildman–Crippen MR) is 107 cm³/mol. The van der Waals surface area contributed by atoms with E-state index in [1.165, 1.54) is 64.2 Å². The van der Waals surface area contributed by atoms with E-state index in [0.717, 1.165) is 32.1 Å². The molecule has 0 saturated heterocycles. The highest BCUT2D eigenvalue weighted by Gasteiger charge is 2.28. The van der Waals surface area contributed by atoms with Gasteiger partial charge in [0, 0.05) is 0 Å². The number of rotatable bonds is 19. The summed E-state index contributed by atoms with van der Waals surface area (Å²) in [5.74, 6) is -0.877. The van der Waals surface area contributed by atoms with Crippen LogP contribution in [0.1, 0.15) is 129 Å². The summed E-state index contributed by atoms with van der Waals surface area (Å²) in [6.45, 7) is 4.38. The van der Waals surface area contributed by atoms with Crippen molar-refractivity contribution in [2.45, 2.75) is 135 Å². The summed E-state index contributed by atoms with van der Waals surface area (Å²) >= 11 is 0. The van der Waals surface area contributed by atoms with E-state index in [4.69, 9.17) is 5.11 Å². The van der Waals surface area contributed by atoms with Crippen molar-refractivity contribution in [2.24, 2.45) is 0 Å². The average molecular weight is 357 g/mol.